The molecular formula is C23H21ClFN5O2. The van der Waals surface area contributed by atoms with E-state index < -0.39 is 0 Å². The summed E-state index contributed by atoms with van der Waals surface area (Å²) in [7, 11) is 1.50. The number of anilines is 1. The normalized spacial score (nSPS) is 14.1. The van der Waals surface area contributed by atoms with Crippen molar-refractivity contribution in [2.24, 2.45) is 0 Å². The number of ether oxygens (including phenoxy) is 2. The third-order valence-corrected chi connectivity index (χ3v) is 5.82. The molecule has 1 aliphatic rings. The fourth-order valence-corrected chi connectivity index (χ4v) is 4.27. The smallest absolute Gasteiger partial charge is 0.318 e. The molecular weight excluding hydrogens is 433 g/mol. The molecule has 1 aliphatic heterocycles. The lowest BCUT2D eigenvalue weighted by molar-refractivity contribution is 0.219. The highest BCUT2D eigenvalue weighted by atomic mass is 35.5. The van der Waals surface area contributed by atoms with Crippen LogP contribution < -0.4 is 15.2 Å². The van der Waals surface area contributed by atoms with E-state index in [4.69, 9.17) is 26.8 Å². The Labute approximate surface area is 189 Å². The zero-order valence-corrected chi connectivity index (χ0v) is 18.1. The van der Waals surface area contributed by atoms with Crippen LogP contribution in [0.25, 0.3) is 16.6 Å². The molecule has 0 atom stereocenters. The largest absolute Gasteiger partial charge is 0.490 e. The molecule has 7 nitrogen and oxygen atoms in total. The van der Waals surface area contributed by atoms with Gasteiger partial charge in [-0.25, -0.2) is 9.37 Å². The lowest BCUT2D eigenvalue weighted by atomic mass is 10.1. The van der Waals surface area contributed by atoms with Gasteiger partial charge in [0, 0.05) is 54.2 Å². The number of halogens is 2. The van der Waals surface area contributed by atoms with Crippen molar-refractivity contribution in [3.8, 4) is 17.4 Å². The Morgan fingerprint density at radius 2 is 2.12 bits per heavy atom. The van der Waals surface area contributed by atoms with E-state index >= 15 is 0 Å². The average Bonchev–Trinajstić information content (AvgIpc) is 3.07. The highest BCUT2D eigenvalue weighted by Crippen LogP contribution is 2.35. The van der Waals surface area contributed by atoms with E-state index in [1.807, 2.05) is 22.9 Å². The summed E-state index contributed by atoms with van der Waals surface area (Å²) in [6.07, 6.45) is 3.59. The van der Waals surface area contributed by atoms with Gasteiger partial charge in [0.25, 0.3) is 0 Å². The molecule has 0 radical (unpaired) electrons. The summed E-state index contributed by atoms with van der Waals surface area (Å²) < 4.78 is 26.6. The predicted octanol–water partition coefficient (Wildman–Crippen LogP) is 4.20. The molecule has 0 bridgehead atoms. The standard InChI is InChI=1S/C23H21ClFN5O2/c1-31-23-27-11-16(22(26)28-23)13-29-6-7-32-21-15(12-29)9-18(10-19(21)24)30-5-4-14-8-17(25)2-3-20(14)30/h2-5,8-11H,6-7,12-13H2,1H3,(H2,26,27,28). The van der Waals surface area contributed by atoms with E-state index in [0.717, 1.165) is 27.7 Å². The number of hydrogen-bond donors (Lipinski definition) is 1. The maximum Gasteiger partial charge on any atom is 0.318 e. The molecule has 0 fully saturated rings. The Morgan fingerprint density at radius 3 is 2.94 bits per heavy atom. The fraction of sp³-hybridized carbons (Fsp3) is 0.217. The molecule has 0 saturated carbocycles. The Kier molecular flexibility index (Phi) is 5.32. The van der Waals surface area contributed by atoms with E-state index in [1.54, 1.807) is 12.3 Å². The third-order valence-electron chi connectivity index (χ3n) is 5.54. The Hall–Kier alpha value is -3.36. The lowest BCUT2D eigenvalue weighted by Gasteiger charge is -2.20. The number of benzene rings is 2. The number of nitrogens with two attached hydrogens (primary N) is 1. The highest BCUT2D eigenvalue weighted by molar-refractivity contribution is 6.32. The quantitative estimate of drug-likeness (QED) is 0.499. The SMILES string of the molecule is COc1ncc(CN2CCOc3c(Cl)cc(-n4ccc5cc(F)ccc54)cc3C2)c(N)n1. The van der Waals surface area contributed by atoms with Crippen LogP contribution in [0.15, 0.2) is 48.8 Å². The number of hydrogen-bond acceptors (Lipinski definition) is 6. The van der Waals surface area contributed by atoms with Gasteiger partial charge in [0.2, 0.25) is 0 Å². The number of aromatic nitrogens is 3. The predicted molar refractivity (Wildman–Crippen MR) is 121 cm³/mol. The maximum atomic E-state index is 13.6. The molecule has 0 amide bonds. The van der Waals surface area contributed by atoms with Crippen molar-refractivity contribution in [1.82, 2.24) is 19.4 Å². The molecule has 2 aromatic carbocycles. The molecule has 32 heavy (non-hydrogen) atoms. The number of nitrogens with zero attached hydrogens (tertiary/aromatic N) is 4. The van der Waals surface area contributed by atoms with Crippen LogP contribution in [0.4, 0.5) is 10.2 Å². The van der Waals surface area contributed by atoms with Gasteiger partial charge in [-0.3, -0.25) is 4.90 Å². The van der Waals surface area contributed by atoms with Gasteiger partial charge in [-0.05, 0) is 36.4 Å². The molecule has 2 aromatic heterocycles. The zero-order chi connectivity index (χ0) is 22.2. The monoisotopic (exact) mass is 453 g/mol. The maximum absolute atomic E-state index is 13.6. The first-order valence-corrected chi connectivity index (χ1v) is 10.5. The first-order valence-electron chi connectivity index (χ1n) is 10.1. The van der Waals surface area contributed by atoms with Crippen LogP contribution in [0.2, 0.25) is 5.02 Å². The van der Waals surface area contributed by atoms with Crippen LogP contribution in [0.1, 0.15) is 11.1 Å². The van der Waals surface area contributed by atoms with Crippen molar-refractivity contribution in [3.63, 3.8) is 0 Å². The molecule has 0 saturated heterocycles. The number of rotatable bonds is 4. The molecule has 2 N–H and O–H groups in total. The average molecular weight is 454 g/mol. The van der Waals surface area contributed by atoms with Gasteiger partial charge < -0.3 is 19.8 Å². The molecule has 9 heteroatoms. The minimum Gasteiger partial charge on any atom is -0.490 e. The first kappa shape index (κ1) is 20.5. The highest BCUT2D eigenvalue weighted by Gasteiger charge is 2.21. The van der Waals surface area contributed by atoms with Crippen molar-refractivity contribution in [3.05, 3.63) is 70.8 Å². The number of methoxy groups -OCH3 is 1. The zero-order valence-electron chi connectivity index (χ0n) is 17.4. The Balaban J connectivity index is 1.47. The van der Waals surface area contributed by atoms with Crippen LogP contribution in [-0.2, 0) is 13.1 Å². The lowest BCUT2D eigenvalue weighted by Crippen LogP contribution is -2.26. The summed E-state index contributed by atoms with van der Waals surface area (Å²) in [4.78, 5) is 10.5. The summed E-state index contributed by atoms with van der Waals surface area (Å²) in [5.74, 6) is 0.806. The van der Waals surface area contributed by atoms with Gasteiger partial charge in [0.05, 0.1) is 17.6 Å². The van der Waals surface area contributed by atoms with E-state index in [0.29, 0.717) is 42.8 Å². The molecule has 0 aliphatic carbocycles. The van der Waals surface area contributed by atoms with Gasteiger partial charge in [0.15, 0.2) is 0 Å². The summed E-state index contributed by atoms with van der Waals surface area (Å²) in [6.45, 7) is 2.36. The first-order chi connectivity index (χ1) is 15.5. The Morgan fingerprint density at radius 1 is 1.25 bits per heavy atom. The van der Waals surface area contributed by atoms with Gasteiger partial charge in [-0.2, -0.15) is 4.98 Å². The van der Waals surface area contributed by atoms with E-state index in [1.165, 1.54) is 19.2 Å². The van der Waals surface area contributed by atoms with Crippen LogP contribution in [0.5, 0.6) is 11.8 Å². The summed E-state index contributed by atoms with van der Waals surface area (Å²) in [5, 5.41) is 1.36. The van der Waals surface area contributed by atoms with Crippen molar-refractivity contribution >= 4 is 28.3 Å². The van der Waals surface area contributed by atoms with Gasteiger partial charge in [-0.1, -0.05) is 11.6 Å². The minimum atomic E-state index is -0.263. The van der Waals surface area contributed by atoms with E-state index in [-0.39, 0.29) is 11.8 Å². The molecule has 4 aromatic rings. The van der Waals surface area contributed by atoms with Crippen LogP contribution >= 0.6 is 11.6 Å². The van der Waals surface area contributed by atoms with Crippen LogP contribution in [0, 0.1) is 5.82 Å². The second-order valence-corrected chi connectivity index (χ2v) is 8.04. The van der Waals surface area contributed by atoms with Crippen molar-refractivity contribution in [1.29, 1.82) is 0 Å². The Bertz CT molecular complexity index is 1310. The number of nitrogen functional groups attached to an aromatic ring is 1. The van der Waals surface area contributed by atoms with Crippen molar-refractivity contribution in [2.45, 2.75) is 13.1 Å². The van der Waals surface area contributed by atoms with E-state index in [2.05, 4.69) is 20.9 Å². The third kappa shape index (κ3) is 3.83. The second-order valence-electron chi connectivity index (χ2n) is 7.63. The summed E-state index contributed by atoms with van der Waals surface area (Å²) in [5.41, 5.74) is 9.64. The van der Waals surface area contributed by atoms with E-state index in [9.17, 15) is 4.39 Å². The van der Waals surface area contributed by atoms with Crippen LogP contribution in [-0.4, -0.2) is 39.7 Å². The van der Waals surface area contributed by atoms with Crippen LogP contribution in [0.3, 0.4) is 0 Å². The second kappa shape index (κ2) is 8.29. The topological polar surface area (TPSA) is 78.4 Å². The van der Waals surface area contributed by atoms with Gasteiger partial charge >= 0.3 is 6.01 Å². The van der Waals surface area contributed by atoms with Gasteiger partial charge in [-0.15, -0.1) is 0 Å². The number of fused-ring (bicyclic) bond motifs is 2. The molecule has 3 heterocycles. The van der Waals surface area contributed by atoms with Gasteiger partial charge in [0.1, 0.15) is 24.0 Å². The molecule has 0 spiro atoms. The fourth-order valence-electron chi connectivity index (χ4n) is 3.99. The van der Waals surface area contributed by atoms with Crippen molar-refractivity contribution < 1.29 is 13.9 Å². The molecule has 0 unspecified atom stereocenters. The minimum absolute atomic E-state index is 0.242. The molecule has 5 rings (SSSR count). The molecule has 164 valence electrons. The van der Waals surface area contributed by atoms with Crippen molar-refractivity contribution in [2.75, 3.05) is 26.0 Å². The summed E-state index contributed by atoms with van der Waals surface area (Å²) >= 11 is 6.61. The summed E-state index contributed by atoms with van der Waals surface area (Å²) in [6, 6.07) is 10.8.